The van der Waals surface area contributed by atoms with Crippen LogP contribution in [0.3, 0.4) is 0 Å². The van der Waals surface area contributed by atoms with E-state index in [2.05, 4.69) is 31.2 Å². The van der Waals surface area contributed by atoms with Gasteiger partial charge < -0.3 is 5.73 Å². The van der Waals surface area contributed by atoms with Gasteiger partial charge in [0.1, 0.15) is 0 Å². The van der Waals surface area contributed by atoms with Crippen LogP contribution in [0.5, 0.6) is 0 Å². The minimum absolute atomic E-state index is 0.750. The van der Waals surface area contributed by atoms with E-state index in [4.69, 9.17) is 5.73 Å². The molecule has 0 heterocycles. The Morgan fingerprint density at radius 2 is 1.81 bits per heavy atom. The van der Waals surface area contributed by atoms with E-state index in [1.54, 1.807) is 11.1 Å². The quantitative estimate of drug-likeness (QED) is 0.700. The lowest BCUT2D eigenvalue weighted by molar-refractivity contribution is 0.590. The molecule has 0 spiro atoms. The molecule has 0 saturated heterocycles. The fourth-order valence-electron chi connectivity index (χ4n) is 2.00. The number of fused-ring (bicyclic) bond motifs is 1. The molecule has 92 valence electrons. The van der Waals surface area contributed by atoms with Gasteiger partial charge in [-0.3, -0.25) is 0 Å². The van der Waals surface area contributed by atoms with Gasteiger partial charge in [0.2, 0.25) is 0 Å². The standard InChI is InChI=1S/C11H14.C2H7N.C2H6/c1-9-5-4-7-10-6-2-3-8-11(9)10;1-2-3;1-2/h2-3,6,8-9H,4-5,7H2,1H3;2-3H2,1H3;1-2H3. The zero-order chi connectivity index (χ0) is 12.4. The molecule has 1 aromatic carbocycles. The van der Waals surface area contributed by atoms with Crippen molar-refractivity contribution in [1.29, 1.82) is 0 Å². The van der Waals surface area contributed by atoms with Crippen molar-refractivity contribution >= 4 is 0 Å². The first-order valence-corrected chi connectivity index (χ1v) is 6.57. The maximum absolute atomic E-state index is 4.85. The SMILES string of the molecule is CC.CC1CCCc2ccccc21.CCN. The predicted molar refractivity (Wildman–Crippen MR) is 73.9 cm³/mol. The van der Waals surface area contributed by atoms with E-state index in [0.717, 1.165) is 12.5 Å². The van der Waals surface area contributed by atoms with Crippen molar-refractivity contribution in [3.8, 4) is 0 Å². The fourth-order valence-corrected chi connectivity index (χ4v) is 2.00. The van der Waals surface area contributed by atoms with Gasteiger partial charge in [0.25, 0.3) is 0 Å². The molecule has 1 aromatic rings. The Kier molecular flexibility index (Phi) is 8.93. The number of aryl methyl sites for hydroxylation is 1. The number of nitrogens with two attached hydrogens (primary N) is 1. The lowest BCUT2D eigenvalue weighted by Gasteiger charge is -2.21. The Balaban J connectivity index is 0.000000394. The lowest BCUT2D eigenvalue weighted by Crippen LogP contribution is -2.05. The van der Waals surface area contributed by atoms with E-state index in [0.29, 0.717) is 0 Å². The molecule has 1 heteroatoms. The smallest absolute Gasteiger partial charge is 0.0106 e. The molecule has 1 unspecified atom stereocenters. The summed E-state index contributed by atoms with van der Waals surface area (Å²) in [5.41, 5.74) is 8.00. The monoisotopic (exact) mass is 221 g/mol. The molecule has 16 heavy (non-hydrogen) atoms. The molecular weight excluding hydrogens is 194 g/mol. The third kappa shape index (κ3) is 4.80. The number of hydrogen-bond donors (Lipinski definition) is 1. The van der Waals surface area contributed by atoms with Crippen LogP contribution in [0.1, 0.15) is 57.6 Å². The van der Waals surface area contributed by atoms with Crippen LogP contribution in [0.15, 0.2) is 24.3 Å². The molecule has 0 radical (unpaired) electrons. The van der Waals surface area contributed by atoms with Crippen molar-refractivity contribution in [3.05, 3.63) is 35.4 Å². The summed E-state index contributed by atoms with van der Waals surface area (Å²) in [4.78, 5) is 0. The highest BCUT2D eigenvalue weighted by Crippen LogP contribution is 2.30. The first-order valence-electron chi connectivity index (χ1n) is 6.57. The van der Waals surface area contributed by atoms with Crippen LogP contribution in [-0.4, -0.2) is 6.54 Å². The minimum Gasteiger partial charge on any atom is -0.331 e. The van der Waals surface area contributed by atoms with Crippen LogP contribution < -0.4 is 5.73 Å². The van der Waals surface area contributed by atoms with Crippen LogP contribution in [0, 0.1) is 0 Å². The van der Waals surface area contributed by atoms with Crippen molar-refractivity contribution in [2.45, 2.75) is 52.9 Å². The van der Waals surface area contributed by atoms with Gasteiger partial charge in [0, 0.05) is 0 Å². The van der Waals surface area contributed by atoms with Crippen LogP contribution in [-0.2, 0) is 6.42 Å². The summed E-state index contributed by atoms with van der Waals surface area (Å²) in [6, 6.07) is 8.85. The molecule has 1 aliphatic rings. The van der Waals surface area contributed by atoms with Crippen LogP contribution in [0.25, 0.3) is 0 Å². The van der Waals surface area contributed by atoms with Gasteiger partial charge in [0.15, 0.2) is 0 Å². The van der Waals surface area contributed by atoms with E-state index in [1.807, 2.05) is 20.8 Å². The number of benzene rings is 1. The summed E-state index contributed by atoms with van der Waals surface area (Å²) in [6.07, 6.45) is 4.04. The third-order valence-corrected chi connectivity index (χ3v) is 2.67. The molecule has 0 fully saturated rings. The summed E-state index contributed by atoms with van der Waals surface area (Å²) in [6.45, 7) is 8.98. The summed E-state index contributed by atoms with van der Waals surface area (Å²) >= 11 is 0. The van der Waals surface area contributed by atoms with E-state index in [9.17, 15) is 0 Å². The highest BCUT2D eigenvalue weighted by molar-refractivity contribution is 5.31. The van der Waals surface area contributed by atoms with Crippen LogP contribution >= 0.6 is 0 Å². The number of rotatable bonds is 0. The molecule has 0 aromatic heterocycles. The second-order valence-electron chi connectivity index (χ2n) is 3.90. The van der Waals surface area contributed by atoms with Gasteiger partial charge >= 0.3 is 0 Å². The molecular formula is C15H27N. The predicted octanol–water partition coefficient (Wildman–Crippen LogP) is 4.12. The Bertz CT molecular complexity index is 268. The minimum atomic E-state index is 0.750. The molecule has 2 N–H and O–H groups in total. The topological polar surface area (TPSA) is 26.0 Å². The molecule has 1 aliphatic carbocycles. The molecule has 0 saturated carbocycles. The van der Waals surface area contributed by atoms with Crippen molar-refractivity contribution < 1.29 is 0 Å². The van der Waals surface area contributed by atoms with Crippen molar-refractivity contribution in [3.63, 3.8) is 0 Å². The summed E-state index contributed by atoms with van der Waals surface area (Å²) < 4.78 is 0. The second-order valence-corrected chi connectivity index (χ2v) is 3.90. The summed E-state index contributed by atoms with van der Waals surface area (Å²) in [7, 11) is 0. The van der Waals surface area contributed by atoms with Crippen molar-refractivity contribution in [2.24, 2.45) is 5.73 Å². The Morgan fingerprint density at radius 1 is 1.25 bits per heavy atom. The Labute approximate surface area is 101 Å². The third-order valence-electron chi connectivity index (χ3n) is 2.67. The fraction of sp³-hybridized carbons (Fsp3) is 0.600. The zero-order valence-corrected chi connectivity index (χ0v) is 11.3. The van der Waals surface area contributed by atoms with E-state index in [1.165, 1.54) is 19.3 Å². The molecule has 1 nitrogen and oxygen atoms in total. The van der Waals surface area contributed by atoms with Crippen molar-refractivity contribution in [1.82, 2.24) is 0 Å². The number of hydrogen-bond acceptors (Lipinski definition) is 1. The van der Waals surface area contributed by atoms with E-state index >= 15 is 0 Å². The molecule has 0 aliphatic heterocycles. The summed E-state index contributed by atoms with van der Waals surface area (Å²) in [5.74, 6) is 0.792. The van der Waals surface area contributed by atoms with E-state index in [-0.39, 0.29) is 0 Å². The Morgan fingerprint density at radius 3 is 2.38 bits per heavy atom. The molecule has 1 atom stereocenters. The first kappa shape index (κ1) is 15.2. The summed E-state index contributed by atoms with van der Waals surface area (Å²) in [5, 5.41) is 0. The molecule has 2 rings (SSSR count). The van der Waals surface area contributed by atoms with Crippen LogP contribution in [0.4, 0.5) is 0 Å². The molecule has 0 bridgehead atoms. The largest absolute Gasteiger partial charge is 0.331 e. The van der Waals surface area contributed by atoms with Crippen molar-refractivity contribution in [2.75, 3.05) is 6.54 Å². The van der Waals surface area contributed by atoms with Gasteiger partial charge in [-0.2, -0.15) is 0 Å². The van der Waals surface area contributed by atoms with Gasteiger partial charge in [-0.05, 0) is 42.9 Å². The average Bonchev–Trinajstić information content (AvgIpc) is 2.33. The maximum atomic E-state index is 4.85. The van der Waals surface area contributed by atoms with Gasteiger partial charge in [-0.15, -0.1) is 0 Å². The van der Waals surface area contributed by atoms with Crippen LogP contribution in [0.2, 0.25) is 0 Å². The molecule has 0 amide bonds. The van der Waals surface area contributed by atoms with Gasteiger partial charge in [-0.1, -0.05) is 52.0 Å². The zero-order valence-electron chi connectivity index (χ0n) is 11.3. The highest BCUT2D eigenvalue weighted by Gasteiger charge is 2.14. The average molecular weight is 221 g/mol. The van der Waals surface area contributed by atoms with E-state index < -0.39 is 0 Å². The first-order chi connectivity index (χ1) is 7.79. The van der Waals surface area contributed by atoms with Gasteiger partial charge in [-0.25, -0.2) is 0 Å². The van der Waals surface area contributed by atoms with Gasteiger partial charge in [0.05, 0.1) is 0 Å². The highest BCUT2D eigenvalue weighted by atomic mass is 14.5. The Hall–Kier alpha value is -0.820. The maximum Gasteiger partial charge on any atom is -0.0106 e. The lowest BCUT2D eigenvalue weighted by atomic mass is 9.84. The second kappa shape index (κ2) is 9.41. The normalized spacial score (nSPS) is 17.2.